The third-order valence-corrected chi connectivity index (χ3v) is 7.53. The predicted octanol–water partition coefficient (Wildman–Crippen LogP) is 4.30. The van der Waals surface area contributed by atoms with Crippen LogP contribution in [0.1, 0.15) is 42.1 Å². The van der Waals surface area contributed by atoms with Crippen molar-refractivity contribution in [1.82, 2.24) is 10.2 Å². The average molecular weight is 464 g/mol. The molecule has 1 aliphatic heterocycles. The van der Waals surface area contributed by atoms with Gasteiger partial charge >= 0.3 is 0 Å². The third kappa shape index (κ3) is 6.45. The molecular weight excluding hydrogens is 434 g/mol. The van der Waals surface area contributed by atoms with Crippen LogP contribution in [0.15, 0.2) is 47.4 Å². The molecule has 8 heteroatoms. The maximum Gasteiger partial charge on any atom is 0.263 e. The van der Waals surface area contributed by atoms with Gasteiger partial charge in [-0.05, 0) is 81.6 Å². The van der Waals surface area contributed by atoms with Crippen LogP contribution >= 0.6 is 11.6 Å². The quantitative estimate of drug-likeness (QED) is 0.572. The molecule has 0 radical (unpaired) electrons. The van der Waals surface area contributed by atoms with E-state index in [1.807, 2.05) is 19.1 Å². The Hall–Kier alpha value is -2.09. The van der Waals surface area contributed by atoms with Gasteiger partial charge in [0, 0.05) is 12.1 Å². The molecule has 168 valence electrons. The van der Waals surface area contributed by atoms with Gasteiger partial charge in [-0.1, -0.05) is 36.7 Å². The van der Waals surface area contributed by atoms with Crippen LogP contribution < -0.4 is 10.0 Å². The van der Waals surface area contributed by atoms with Gasteiger partial charge in [0.05, 0.1) is 10.7 Å². The van der Waals surface area contributed by atoms with Crippen LogP contribution in [0.3, 0.4) is 0 Å². The predicted molar refractivity (Wildman–Crippen MR) is 125 cm³/mol. The number of piperidine rings is 1. The summed E-state index contributed by atoms with van der Waals surface area (Å²) in [5.74, 6) is 0.489. The first-order valence-electron chi connectivity index (χ1n) is 10.6. The summed E-state index contributed by atoms with van der Waals surface area (Å²) in [4.78, 5) is 14.9. The van der Waals surface area contributed by atoms with E-state index in [4.69, 9.17) is 11.6 Å². The lowest BCUT2D eigenvalue weighted by molar-refractivity contribution is 0.0950. The molecule has 1 saturated heterocycles. The van der Waals surface area contributed by atoms with Crippen molar-refractivity contribution < 1.29 is 13.2 Å². The summed E-state index contributed by atoms with van der Waals surface area (Å²) in [5.41, 5.74) is 1.53. The van der Waals surface area contributed by atoms with E-state index in [1.54, 1.807) is 12.1 Å². The highest BCUT2D eigenvalue weighted by molar-refractivity contribution is 7.92. The fourth-order valence-electron chi connectivity index (χ4n) is 3.63. The Kier molecular flexibility index (Phi) is 7.97. The molecule has 1 fully saturated rings. The van der Waals surface area contributed by atoms with E-state index in [0.717, 1.165) is 37.5 Å². The molecule has 31 heavy (non-hydrogen) atoms. The van der Waals surface area contributed by atoms with Crippen LogP contribution in [-0.2, 0) is 10.0 Å². The number of halogens is 1. The molecule has 2 aromatic rings. The van der Waals surface area contributed by atoms with Gasteiger partial charge in [-0.15, -0.1) is 0 Å². The summed E-state index contributed by atoms with van der Waals surface area (Å²) >= 11 is 6.16. The van der Waals surface area contributed by atoms with Crippen molar-refractivity contribution in [2.45, 2.75) is 38.0 Å². The molecule has 2 aromatic carbocycles. The fourth-order valence-corrected chi connectivity index (χ4v) is 5.29. The van der Waals surface area contributed by atoms with Crippen molar-refractivity contribution in [2.24, 2.45) is 5.92 Å². The number of likely N-dealkylation sites (tertiary alicyclic amines) is 1. The van der Waals surface area contributed by atoms with Gasteiger partial charge in [0.2, 0.25) is 0 Å². The van der Waals surface area contributed by atoms with Crippen molar-refractivity contribution in [1.29, 1.82) is 0 Å². The second kappa shape index (κ2) is 10.5. The Morgan fingerprint density at radius 3 is 2.58 bits per heavy atom. The molecule has 0 atom stereocenters. The highest BCUT2D eigenvalue weighted by atomic mass is 35.5. The summed E-state index contributed by atoms with van der Waals surface area (Å²) in [6.45, 7) is 7.82. The van der Waals surface area contributed by atoms with Gasteiger partial charge in [-0.3, -0.25) is 9.52 Å². The number of anilines is 1. The zero-order chi connectivity index (χ0) is 22.4. The number of carbonyl (C=O) groups is 1. The third-order valence-electron chi connectivity index (χ3n) is 5.69. The van der Waals surface area contributed by atoms with Crippen LogP contribution in [0.2, 0.25) is 5.02 Å². The van der Waals surface area contributed by atoms with Crippen LogP contribution in [0.5, 0.6) is 0 Å². The molecule has 0 aromatic heterocycles. The zero-order valence-corrected chi connectivity index (χ0v) is 19.6. The number of sulfonamides is 1. The monoisotopic (exact) mass is 463 g/mol. The maximum absolute atomic E-state index is 12.9. The second-order valence-electron chi connectivity index (χ2n) is 8.20. The van der Waals surface area contributed by atoms with Gasteiger partial charge < -0.3 is 10.2 Å². The number of hydrogen-bond donors (Lipinski definition) is 2. The molecule has 2 N–H and O–H groups in total. The standard InChI is InChI=1S/C23H30ClN3O3S/c1-17-10-14-27(15-11-17)13-5-12-25-23(28)19-8-9-20(24)22(16-19)31(29,30)26-21-7-4-3-6-18(21)2/h3-4,6-9,16-17,26H,5,10-15H2,1-2H3,(H,25,28). The SMILES string of the molecule is Cc1ccccc1NS(=O)(=O)c1cc(C(=O)NCCCN2CCC(C)CC2)ccc1Cl. The average Bonchev–Trinajstić information content (AvgIpc) is 2.74. The molecule has 1 heterocycles. The smallest absolute Gasteiger partial charge is 0.263 e. The summed E-state index contributed by atoms with van der Waals surface area (Å²) in [7, 11) is -3.94. The topological polar surface area (TPSA) is 78.5 Å². The Bertz CT molecular complexity index is 1020. The highest BCUT2D eigenvalue weighted by Gasteiger charge is 2.21. The van der Waals surface area contributed by atoms with Gasteiger partial charge in [0.15, 0.2) is 0 Å². The lowest BCUT2D eigenvalue weighted by atomic mass is 9.99. The molecule has 0 bridgehead atoms. The van der Waals surface area contributed by atoms with E-state index in [0.29, 0.717) is 12.2 Å². The minimum absolute atomic E-state index is 0.0666. The van der Waals surface area contributed by atoms with Crippen molar-refractivity contribution >= 4 is 33.2 Å². The molecule has 0 spiro atoms. The number of aryl methyl sites for hydroxylation is 1. The van der Waals surface area contributed by atoms with Crippen molar-refractivity contribution in [3.8, 4) is 0 Å². The lowest BCUT2D eigenvalue weighted by Gasteiger charge is -2.30. The molecule has 3 rings (SSSR count). The van der Waals surface area contributed by atoms with Crippen LogP contribution in [0.25, 0.3) is 0 Å². The molecule has 0 aliphatic carbocycles. The molecule has 0 unspecified atom stereocenters. The highest BCUT2D eigenvalue weighted by Crippen LogP contribution is 2.26. The van der Waals surface area contributed by atoms with E-state index in [-0.39, 0.29) is 21.4 Å². The van der Waals surface area contributed by atoms with E-state index < -0.39 is 10.0 Å². The zero-order valence-electron chi connectivity index (χ0n) is 18.0. The number of carbonyl (C=O) groups excluding carboxylic acids is 1. The molecule has 1 aliphatic rings. The van der Waals surface area contributed by atoms with E-state index in [9.17, 15) is 13.2 Å². The summed E-state index contributed by atoms with van der Waals surface area (Å²) in [6, 6.07) is 11.4. The second-order valence-corrected chi connectivity index (χ2v) is 10.3. The van der Waals surface area contributed by atoms with Gasteiger partial charge in [0.1, 0.15) is 4.90 Å². The van der Waals surface area contributed by atoms with Gasteiger partial charge in [-0.2, -0.15) is 0 Å². The Balaban J connectivity index is 1.60. The Labute approximate surface area is 190 Å². The van der Waals surface area contributed by atoms with Crippen molar-refractivity contribution in [2.75, 3.05) is 30.9 Å². The summed E-state index contributed by atoms with van der Waals surface area (Å²) < 4.78 is 28.3. The van der Waals surface area contributed by atoms with Crippen LogP contribution in [0, 0.1) is 12.8 Å². The number of para-hydroxylation sites is 1. The summed E-state index contributed by atoms with van der Waals surface area (Å²) in [5, 5.41) is 2.95. The van der Waals surface area contributed by atoms with Crippen LogP contribution in [-0.4, -0.2) is 45.4 Å². The lowest BCUT2D eigenvalue weighted by Crippen LogP contribution is -2.35. The summed E-state index contributed by atoms with van der Waals surface area (Å²) in [6.07, 6.45) is 3.31. The number of amides is 1. The molecular formula is C23H30ClN3O3S. The first-order chi connectivity index (χ1) is 14.8. The van der Waals surface area contributed by atoms with Crippen molar-refractivity contribution in [3.05, 3.63) is 58.6 Å². The fraction of sp³-hybridized carbons (Fsp3) is 0.435. The number of benzene rings is 2. The molecule has 6 nitrogen and oxygen atoms in total. The van der Waals surface area contributed by atoms with Gasteiger partial charge in [0.25, 0.3) is 15.9 Å². The van der Waals surface area contributed by atoms with E-state index >= 15 is 0 Å². The van der Waals surface area contributed by atoms with E-state index in [1.165, 1.54) is 31.0 Å². The van der Waals surface area contributed by atoms with Crippen molar-refractivity contribution in [3.63, 3.8) is 0 Å². The Morgan fingerprint density at radius 1 is 1.16 bits per heavy atom. The first kappa shape index (κ1) is 23.6. The van der Waals surface area contributed by atoms with Crippen LogP contribution in [0.4, 0.5) is 5.69 Å². The minimum Gasteiger partial charge on any atom is -0.352 e. The molecule has 1 amide bonds. The minimum atomic E-state index is -3.94. The number of nitrogens with zero attached hydrogens (tertiary/aromatic N) is 1. The molecule has 0 saturated carbocycles. The normalized spacial score (nSPS) is 15.6. The largest absolute Gasteiger partial charge is 0.352 e. The number of hydrogen-bond acceptors (Lipinski definition) is 4. The first-order valence-corrected chi connectivity index (χ1v) is 12.5. The Morgan fingerprint density at radius 2 is 1.87 bits per heavy atom. The maximum atomic E-state index is 12.9. The number of rotatable bonds is 8. The van der Waals surface area contributed by atoms with Gasteiger partial charge in [-0.25, -0.2) is 8.42 Å². The number of nitrogens with one attached hydrogen (secondary N) is 2. The van der Waals surface area contributed by atoms with E-state index in [2.05, 4.69) is 21.9 Å².